The zero-order valence-electron chi connectivity index (χ0n) is 10.8. The molecule has 0 unspecified atom stereocenters. The third kappa shape index (κ3) is 5.26. The minimum Gasteiger partial charge on any atom is -0.313 e. The summed E-state index contributed by atoms with van der Waals surface area (Å²) in [7, 11) is 0. The quantitative estimate of drug-likeness (QED) is 0.714. The topological polar surface area (TPSA) is 24.9 Å². The van der Waals surface area contributed by atoms with Gasteiger partial charge in [0.1, 0.15) is 0 Å². The van der Waals surface area contributed by atoms with Crippen LogP contribution < -0.4 is 5.32 Å². The van der Waals surface area contributed by atoms with E-state index < -0.39 is 0 Å². The largest absolute Gasteiger partial charge is 0.313 e. The zero-order chi connectivity index (χ0) is 11.8. The van der Waals surface area contributed by atoms with Gasteiger partial charge in [0.2, 0.25) is 0 Å². The average molecular weight is 220 g/mol. The monoisotopic (exact) mass is 220 g/mol. The Morgan fingerprint density at radius 1 is 1.31 bits per heavy atom. The number of unbranched alkanes of at least 4 members (excludes halogenated alkanes) is 1. The third-order valence-corrected chi connectivity index (χ3v) is 2.54. The summed E-state index contributed by atoms with van der Waals surface area (Å²) >= 11 is 0. The van der Waals surface area contributed by atoms with Crippen LogP contribution >= 0.6 is 0 Å². The molecule has 1 aromatic heterocycles. The molecule has 0 radical (unpaired) electrons. The first-order chi connectivity index (χ1) is 7.72. The molecule has 0 aromatic carbocycles. The van der Waals surface area contributed by atoms with Crippen molar-refractivity contribution >= 4 is 0 Å². The molecule has 2 heteroatoms. The molecule has 1 rings (SSSR count). The first-order valence-electron chi connectivity index (χ1n) is 6.37. The Hall–Kier alpha value is -0.890. The molecule has 0 fully saturated rings. The standard InChI is InChI=1S/C14H24N2/c1-4-5-8-15-10-13-6-7-14(16-11-13)9-12(2)3/h6-7,11-12,15H,4-5,8-10H2,1-3H3. The van der Waals surface area contributed by atoms with Gasteiger partial charge in [-0.2, -0.15) is 0 Å². The Bertz CT molecular complexity index is 277. The average Bonchev–Trinajstić information content (AvgIpc) is 2.26. The van der Waals surface area contributed by atoms with Crippen molar-refractivity contribution in [2.45, 2.75) is 46.6 Å². The summed E-state index contributed by atoms with van der Waals surface area (Å²) in [6.07, 6.45) is 5.57. The highest BCUT2D eigenvalue weighted by molar-refractivity contribution is 5.14. The summed E-state index contributed by atoms with van der Waals surface area (Å²) in [5.74, 6) is 0.682. The summed E-state index contributed by atoms with van der Waals surface area (Å²) in [6.45, 7) is 8.70. The van der Waals surface area contributed by atoms with Gasteiger partial charge in [0.05, 0.1) is 0 Å². The zero-order valence-corrected chi connectivity index (χ0v) is 10.8. The minimum absolute atomic E-state index is 0.682. The molecule has 0 bridgehead atoms. The second-order valence-corrected chi connectivity index (χ2v) is 4.79. The summed E-state index contributed by atoms with van der Waals surface area (Å²) < 4.78 is 0. The van der Waals surface area contributed by atoms with Crippen LogP contribution in [-0.4, -0.2) is 11.5 Å². The summed E-state index contributed by atoms with van der Waals surface area (Å²) in [5, 5.41) is 3.42. The van der Waals surface area contributed by atoms with Crippen LogP contribution in [0.2, 0.25) is 0 Å². The molecular weight excluding hydrogens is 196 g/mol. The molecule has 2 nitrogen and oxygen atoms in total. The van der Waals surface area contributed by atoms with Crippen LogP contribution in [0.3, 0.4) is 0 Å². The van der Waals surface area contributed by atoms with Gasteiger partial charge < -0.3 is 5.32 Å². The van der Waals surface area contributed by atoms with Gasteiger partial charge >= 0.3 is 0 Å². The molecular formula is C14H24N2. The van der Waals surface area contributed by atoms with Gasteiger partial charge in [0.15, 0.2) is 0 Å². The van der Waals surface area contributed by atoms with Gasteiger partial charge in [-0.3, -0.25) is 4.98 Å². The molecule has 0 saturated heterocycles. The van der Waals surface area contributed by atoms with Crippen LogP contribution in [0, 0.1) is 5.92 Å². The SMILES string of the molecule is CCCCNCc1ccc(CC(C)C)nc1. The van der Waals surface area contributed by atoms with E-state index in [0.29, 0.717) is 5.92 Å². The lowest BCUT2D eigenvalue weighted by molar-refractivity contribution is 0.628. The molecule has 0 aliphatic rings. The minimum atomic E-state index is 0.682. The van der Waals surface area contributed by atoms with E-state index in [0.717, 1.165) is 19.5 Å². The van der Waals surface area contributed by atoms with E-state index in [4.69, 9.17) is 0 Å². The number of aromatic nitrogens is 1. The van der Waals surface area contributed by atoms with Crippen molar-refractivity contribution < 1.29 is 0 Å². The smallest absolute Gasteiger partial charge is 0.0406 e. The Kier molecular flexibility index (Phi) is 6.09. The van der Waals surface area contributed by atoms with E-state index in [1.807, 2.05) is 6.20 Å². The molecule has 0 spiro atoms. The molecule has 0 saturated carbocycles. The van der Waals surface area contributed by atoms with Gasteiger partial charge in [-0.1, -0.05) is 33.3 Å². The first-order valence-corrected chi connectivity index (χ1v) is 6.37. The molecule has 16 heavy (non-hydrogen) atoms. The number of nitrogens with one attached hydrogen (secondary N) is 1. The van der Waals surface area contributed by atoms with Gasteiger partial charge in [0, 0.05) is 18.4 Å². The fourth-order valence-corrected chi connectivity index (χ4v) is 1.63. The Balaban J connectivity index is 2.33. The second kappa shape index (κ2) is 7.39. The van der Waals surface area contributed by atoms with Crippen molar-refractivity contribution in [3.63, 3.8) is 0 Å². The van der Waals surface area contributed by atoms with Crippen molar-refractivity contribution in [2.75, 3.05) is 6.54 Å². The van der Waals surface area contributed by atoms with Gasteiger partial charge in [0.25, 0.3) is 0 Å². The predicted octanol–water partition coefficient (Wildman–Crippen LogP) is 3.17. The van der Waals surface area contributed by atoms with E-state index in [2.05, 4.69) is 43.2 Å². The Labute approximate surface area is 99.5 Å². The molecule has 0 atom stereocenters. The van der Waals surface area contributed by atoms with E-state index in [1.165, 1.54) is 24.1 Å². The van der Waals surface area contributed by atoms with Gasteiger partial charge in [-0.25, -0.2) is 0 Å². The third-order valence-electron chi connectivity index (χ3n) is 2.54. The van der Waals surface area contributed by atoms with Crippen molar-refractivity contribution in [3.05, 3.63) is 29.6 Å². The van der Waals surface area contributed by atoms with Crippen LogP contribution in [0.1, 0.15) is 44.9 Å². The van der Waals surface area contributed by atoms with Crippen molar-refractivity contribution in [1.29, 1.82) is 0 Å². The molecule has 90 valence electrons. The van der Waals surface area contributed by atoms with Crippen molar-refractivity contribution in [1.82, 2.24) is 10.3 Å². The Morgan fingerprint density at radius 3 is 2.69 bits per heavy atom. The molecule has 0 aliphatic heterocycles. The fourth-order valence-electron chi connectivity index (χ4n) is 1.63. The molecule has 0 aliphatic carbocycles. The fraction of sp³-hybridized carbons (Fsp3) is 0.643. The number of pyridine rings is 1. The molecule has 0 amide bonds. The Morgan fingerprint density at radius 2 is 2.12 bits per heavy atom. The van der Waals surface area contributed by atoms with Crippen LogP contribution in [-0.2, 0) is 13.0 Å². The lowest BCUT2D eigenvalue weighted by atomic mass is 10.1. The molecule has 1 aromatic rings. The number of rotatable bonds is 7. The van der Waals surface area contributed by atoms with Crippen molar-refractivity contribution in [2.24, 2.45) is 5.92 Å². The summed E-state index contributed by atoms with van der Waals surface area (Å²) in [6, 6.07) is 4.33. The van der Waals surface area contributed by atoms with E-state index in [1.54, 1.807) is 0 Å². The van der Waals surface area contributed by atoms with Gasteiger partial charge in [-0.15, -0.1) is 0 Å². The number of nitrogens with zero attached hydrogens (tertiary/aromatic N) is 1. The highest BCUT2D eigenvalue weighted by Crippen LogP contribution is 2.06. The van der Waals surface area contributed by atoms with Gasteiger partial charge in [-0.05, 0) is 36.9 Å². The van der Waals surface area contributed by atoms with Crippen LogP contribution in [0.4, 0.5) is 0 Å². The highest BCUT2D eigenvalue weighted by Gasteiger charge is 1.99. The van der Waals surface area contributed by atoms with E-state index >= 15 is 0 Å². The predicted molar refractivity (Wildman–Crippen MR) is 69.4 cm³/mol. The first kappa shape index (κ1) is 13.2. The summed E-state index contributed by atoms with van der Waals surface area (Å²) in [4.78, 5) is 4.48. The second-order valence-electron chi connectivity index (χ2n) is 4.79. The lowest BCUT2D eigenvalue weighted by Crippen LogP contribution is -2.14. The highest BCUT2D eigenvalue weighted by atomic mass is 14.8. The normalized spacial score (nSPS) is 11.0. The number of hydrogen-bond acceptors (Lipinski definition) is 2. The maximum Gasteiger partial charge on any atom is 0.0406 e. The van der Waals surface area contributed by atoms with Crippen LogP contribution in [0.15, 0.2) is 18.3 Å². The van der Waals surface area contributed by atoms with E-state index in [-0.39, 0.29) is 0 Å². The molecule has 1 N–H and O–H groups in total. The number of hydrogen-bond donors (Lipinski definition) is 1. The summed E-state index contributed by atoms with van der Waals surface area (Å²) in [5.41, 5.74) is 2.48. The van der Waals surface area contributed by atoms with Crippen LogP contribution in [0.25, 0.3) is 0 Å². The lowest BCUT2D eigenvalue weighted by Gasteiger charge is -2.06. The van der Waals surface area contributed by atoms with E-state index in [9.17, 15) is 0 Å². The maximum atomic E-state index is 4.48. The van der Waals surface area contributed by atoms with Crippen molar-refractivity contribution in [3.8, 4) is 0 Å². The maximum absolute atomic E-state index is 4.48. The molecule has 1 heterocycles. The van der Waals surface area contributed by atoms with Crippen LogP contribution in [0.5, 0.6) is 0 Å².